The van der Waals surface area contributed by atoms with Crippen LogP contribution in [0.15, 0.2) is 64.8 Å². The molecule has 0 spiro atoms. The van der Waals surface area contributed by atoms with E-state index in [4.69, 9.17) is 0 Å². The Balaban J connectivity index is 2.14. The highest BCUT2D eigenvalue weighted by molar-refractivity contribution is 5.41. The van der Waals surface area contributed by atoms with Crippen LogP contribution in [-0.4, -0.2) is 5.11 Å². The van der Waals surface area contributed by atoms with Gasteiger partial charge in [0, 0.05) is 0 Å². The normalized spacial score (nSPS) is 11.9. The van der Waals surface area contributed by atoms with Crippen LogP contribution < -0.4 is 0 Å². The molecule has 2 aromatic carbocycles. The fourth-order valence-electron chi connectivity index (χ4n) is 1.55. The van der Waals surface area contributed by atoms with E-state index < -0.39 is 5.60 Å². The SMILES string of the molecule is CC(C)(O)c1ccc(N=Nc2ccccc2)cc1. The minimum absolute atomic E-state index is 0.770. The Morgan fingerprint density at radius 2 is 1.28 bits per heavy atom. The van der Waals surface area contributed by atoms with E-state index >= 15 is 0 Å². The predicted molar refractivity (Wildman–Crippen MR) is 72.3 cm³/mol. The average molecular weight is 240 g/mol. The highest BCUT2D eigenvalue weighted by atomic mass is 16.3. The van der Waals surface area contributed by atoms with Crippen molar-refractivity contribution < 1.29 is 5.11 Å². The van der Waals surface area contributed by atoms with E-state index in [2.05, 4.69) is 10.2 Å². The summed E-state index contributed by atoms with van der Waals surface area (Å²) < 4.78 is 0. The summed E-state index contributed by atoms with van der Waals surface area (Å²) in [6, 6.07) is 17.0. The van der Waals surface area contributed by atoms with E-state index in [1.807, 2.05) is 54.6 Å². The Hall–Kier alpha value is -2.00. The van der Waals surface area contributed by atoms with Crippen LogP contribution in [0.3, 0.4) is 0 Å². The van der Waals surface area contributed by atoms with Gasteiger partial charge in [0.15, 0.2) is 0 Å². The van der Waals surface area contributed by atoms with Crippen molar-refractivity contribution in [1.29, 1.82) is 0 Å². The molecular weight excluding hydrogens is 224 g/mol. The zero-order valence-electron chi connectivity index (χ0n) is 10.5. The van der Waals surface area contributed by atoms with Gasteiger partial charge in [-0.1, -0.05) is 30.3 Å². The number of nitrogens with zero attached hydrogens (tertiary/aromatic N) is 2. The molecule has 0 unspecified atom stereocenters. The molecule has 2 aromatic rings. The highest BCUT2D eigenvalue weighted by Gasteiger charge is 2.14. The summed E-state index contributed by atoms with van der Waals surface area (Å²) in [6.45, 7) is 3.51. The van der Waals surface area contributed by atoms with Gasteiger partial charge in [-0.05, 0) is 43.7 Å². The second kappa shape index (κ2) is 5.10. The molecule has 0 aliphatic heterocycles. The van der Waals surface area contributed by atoms with Gasteiger partial charge in [-0.2, -0.15) is 10.2 Å². The zero-order valence-corrected chi connectivity index (χ0v) is 10.5. The zero-order chi connectivity index (χ0) is 13.0. The maximum absolute atomic E-state index is 9.83. The van der Waals surface area contributed by atoms with Crippen molar-refractivity contribution in [2.45, 2.75) is 19.4 Å². The Bertz CT molecular complexity index is 525. The summed E-state index contributed by atoms with van der Waals surface area (Å²) in [6.07, 6.45) is 0. The standard InChI is InChI=1S/C15H16N2O/c1-15(2,18)12-8-10-14(11-9-12)17-16-13-6-4-3-5-7-13/h3-11,18H,1-2H3. The number of aliphatic hydroxyl groups is 1. The summed E-state index contributed by atoms with van der Waals surface area (Å²) in [7, 11) is 0. The van der Waals surface area contributed by atoms with Gasteiger partial charge in [0.05, 0.1) is 17.0 Å². The quantitative estimate of drug-likeness (QED) is 0.797. The fourth-order valence-corrected chi connectivity index (χ4v) is 1.55. The Morgan fingerprint density at radius 3 is 1.78 bits per heavy atom. The molecule has 0 aliphatic rings. The molecular formula is C15H16N2O. The summed E-state index contributed by atoms with van der Waals surface area (Å²) >= 11 is 0. The molecule has 0 heterocycles. The lowest BCUT2D eigenvalue weighted by Crippen LogP contribution is -2.14. The maximum atomic E-state index is 9.83. The van der Waals surface area contributed by atoms with Crippen LogP contribution >= 0.6 is 0 Å². The van der Waals surface area contributed by atoms with Gasteiger partial charge >= 0.3 is 0 Å². The van der Waals surface area contributed by atoms with Crippen molar-refractivity contribution in [1.82, 2.24) is 0 Å². The number of rotatable bonds is 3. The molecule has 0 saturated carbocycles. The molecule has 0 atom stereocenters. The number of hydrogen-bond acceptors (Lipinski definition) is 3. The molecule has 0 amide bonds. The monoisotopic (exact) mass is 240 g/mol. The van der Waals surface area contributed by atoms with E-state index in [0.717, 1.165) is 16.9 Å². The lowest BCUT2D eigenvalue weighted by molar-refractivity contribution is 0.0786. The van der Waals surface area contributed by atoms with Gasteiger partial charge in [0.25, 0.3) is 0 Å². The minimum atomic E-state index is -0.824. The number of azo groups is 1. The Morgan fingerprint density at radius 1 is 0.778 bits per heavy atom. The van der Waals surface area contributed by atoms with E-state index in [-0.39, 0.29) is 0 Å². The van der Waals surface area contributed by atoms with Gasteiger partial charge in [0.2, 0.25) is 0 Å². The molecule has 0 bridgehead atoms. The largest absolute Gasteiger partial charge is 0.386 e. The first-order valence-corrected chi connectivity index (χ1v) is 5.85. The maximum Gasteiger partial charge on any atom is 0.0857 e. The van der Waals surface area contributed by atoms with Crippen LogP contribution in [-0.2, 0) is 5.60 Å². The van der Waals surface area contributed by atoms with E-state index in [1.165, 1.54) is 0 Å². The molecule has 0 radical (unpaired) electrons. The fraction of sp³-hybridized carbons (Fsp3) is 0.200. The van der Waals surface area contributed by atoms with Crippen molar-refractivity contribution in [3.05, 3.63) is 60.2 Å². The second-order valence-electron chi connectivity index (χ2n) is 4.64. The van der Waals surface area contributed by atoms with Crippen molar-refractivity contribution in [3.8, 4) is 0 Å². The lowest BCUT2D eigenvalue weighted by atomic mass is 9.98. The molecule has 18 heavy (non-hydrogen) atoms. The third kappa shape index (κ3) is 3.25. The highest BCUT2D eigenvalue weighted by Crippen LogP contribution is 2.23. The first-order valence-electron chi connectivity index (χ1n) is 5.85. The third-order valence-corrected chi connectivity index (χ3v) is 2.61. The van der Waals surface area contributed by atoms with Gasteiger partial charge in [0.1, 0.15) is 0 Å². The van der Waals surface area contributed by atoms with Crippen LogP contribution in [0.25, 0.3) is 0 Å². The van der Waals surface area contributed by atoms with Crippen LogP contribution in [0.4, 0.5) is 11.4 Å². The minimum Gasteiger partial charge on any atom is -0.386 e. The molecule has 2 rings (SSSR count). The molecule has 1 N–H and O–H groups in total. The first kappa shape index (κ1) is 12.5. The van der Waals surface area contributed by atoms with Crippen LogP contribution in [0.5, 0.6) is 0 Å². The summed E-state index contributed by atoms with van der Waals surface area (Å²) in [4.78, 5) is 0. The molecule has 0 saturated heterocycles. The first-order chi connectivity index (χ1) is 8.55. The average Bonchev–Trinajstić information content (AvgIpc) is 2.37. The van der Waals surface area contributed by atoms with E-state index in [1.54, 1.807) is 13.8 Å². The van der Waals surface area contributed by atoms with Gasteiger partial charge < -0.3 is 5.11 Å². The molecule has 0 aromatic heterocycles. The number of benzene rings is 2. The van der Waals surface area contributed by atoms with Gasteiger partial charge in [-0.3, -0.25) is 0 Å². The topological polar surface area (TPSA) is 45.0 Å². The van der Waals surface area contributed by atoms with E-state index in [9.17, 15) is 5.11 Å². The van der Waals surface area contributed by atoms with Crippen molar-refractivity contribution in [2.75, 3.05) is 0 Å². The molecule has 3 heteroatoms. The lowest BCUT2D eigenvalue weighted by Gasteiger charge is -2.17. The van der Waals surface area contributed by atoms with E-state index in [0.29, 0.717) is 0 Å². The van der Waals surface area contributed by atoms with Gasteiger partial charge in [-0.15, -0.1) is 0 Å². The molecule has 0 aliphatic carbocycles. The smallest absolute Gasteiger partial charge is 0.0857 e. The van der Waals surface area contributed by atoms with Crippen molar-refractivity contribution in [2.24, 2.45) is 10.2 Å². The third-order valence-electron chi connectivity index (χ3n) is 2.61. The predicted octanol–water partition coefficient (Wildman–Crippen LogP) is 4.33. The molecule has 92 valence electrons. The second-order valence-corrected chi connectivity index (χ2v) is 4.64. The van der Waals surface area contributed by atoms with Crippen LogP contribution in [0.1, 0.15) is 19.4 Å². The Kier molecular flexibility index (Phi) is 3.53. The van der Waals surface area contributed by atoms with Gasteiger partial charge in [-0.25, -0.2) is 0 Å². The summed E-state index contributed by atoms with van der Waals surface area (Å²) in [5.41, 5.74) is 1.63. The van der Waals surface area contributed by atoms with Crippen molar-refractivity contribution >= 4 is 11.4 Å². The number of hydrogen-bond donors (Lipinski definition) is 1. The van der Waals surface area contributed by atoms with Crippen molar-refractivity contribution in [3.63, 3.8) is 0 Å². The summed E-state index contributed by atoms with van der Waals surface area (Å²) in [5.74, 6) is 0. The van der Waals surface area contributed by atoms with Crippen LogP contribution in [0, 0.1) is 0 Å². The Labute approximate surface area is 107 Å². The molecule has 0 fully saturated rings. The molecule has 3 nitrogen and oxygen atoms in total. The van der Waals surface area contributed by atoms with Crippen LogP contribution in [0.2, 0.25) is 0 Å². The summed E-state index contributed by atoms with van der Waals surface area (Å²) in [5, 5.41) is 18.1.